The summed E-state index contributed by atoms with van der Waals surface area (Å²) in [4.78, 5) is 25.2. The molecule has 0 bridgehead atoms. The van der Waals surface area contributed by atoms with Crippen molar-refractivity contribution in [1.82, 2.24) is 24.8 Å². The Kier molecular flexibility index (Phi) is 3.85. The molecule has 0 radical (unpaired) electrons. The van der Waals surface area contributed by atoms with Crippen molar-refractivity contribution in [2.24, 2.45) is 5.92 Å². The Bertz CT molecular complexity index is 1050. The fourth-order valence-electron chi connectivity index (χ4n) is 4.32. The van der Waals surface area contributed by atoms with Gasteiger partial charge in [0.1, 0.15) is 11.2 Å². The average molecular weight is 362 g/mol. The summed E-state index contributed by atoms with van der Waals surface area (Å²) in [6.45, 7) is 0. The summed E-state index contributed by atoms with van der Waals surface area (Å²) in [6, 6.07) is 4.83. The van der Waals surface area contributed by atoms with E-state index in [-0.39, 0.29) is 11.9 Å². The van der Waals surface area contributed by atoms with E-state index < -0.39 is 0 Å². The Balaban J connectivity index is 1.60. The van der Waals surface area contributed by atoms with Crippen LogP contribution in [0.25, 0.3) is 22.1 Å². The number of aromatic nitrogens is 4. The Morgan fingerprint density at radius 2 is 2.11 bits per heavy atom. The number of pyridine rings is 1. The molecule has 0 spiro atoms. The van der Waals surface area contributed by atoms with Gasteiger partial charge in [-0.1, -0.05) is 0 Å². The molecule has 0 unspecified atom stereocenters. The number of carbonyl (C=O) groups excluding carboxylic acids is 1. The summed E-state index contributed by atoms with van der Waals surface area (Å²) in [5.41, 5.74) is 2.57. The van der Waals surface area contributed by atoms with Crippen LogP contribution in [-0.2, 0) is 0 Å². The number of rotatable bonds is 4. The normalized spacial score (nSPS) is 22.8. The van der Waals surface area contributed by atoms with E-state index in [1.54, 1.807) is 6.20 Å². The average Bonchev–Trinajstić information content (AvgIpc) is 3.21. The standard InChI is InChI=1S/C20H22N6O/c21-9-7-12-1-5-14(6-2-12)26-17-15-8-10-22-18(15)23-11-16(17)25-19(26)20(27)24-13-3-4-13/h8,10-14H,1-7H2,(H,22,23)(H,24,27). The highest BCUT2D eigenvalue weighted by atomic mass is 16.2. The number of amides is 1. The molecule has 138 valence electrons. The summed E-state index contributed by atoms with van der Waals surface area (Å²) in [7, 11) is 0. The molecule has 0 aliphatic heterocycles. The van der Waals surface area contributed by atoms with E-state index in [1.807, 2.05) is 12.3 Å². The minimum absolute atomic E-state index is 0.0865. The summed E-state index contributed by atoms with van der Waals surface area (Å²) in [5, 5.41) is 13.1. The van der Waals surface area contributed by atoms with Gasteiger partial charge < -0.3 is 14.9 Å². The number of fused-ring (bicyclic) bond motifs is 3. The zero-order valence-electron chi connectivity index (χ0n) is 15.1. The Morgan fingerprint density at radius 3 is 2.85 bits per heavy atom. The first-order valence-corrected chi connectivity index (χ1v) is 9.76. The Hall–Kier alpha value is -2.88. The first kappa shape index (κ1) is 16.3. The van der Waals surface area contributed by atoms with Crippen molar-refractivity contribution in [2.75, 3.05) is 0 Å². The molecule has 7 nitrogen and oxygen atoms in total. The maximum absolute atomic E-state index is 12.9. The van der Waals surface area contributed by atoms with Crippen LogP contribution in [0.3, 0.4) is 0 Å². The lowest BCUT2D eigenvalue weighted by Crippen LogP contribution is -2.30. The Labute approximate surface area is 156 Å². The third kappa shape index (κ3) is 2.85. The minimum Gasteiger partial charge on any atom is -0.347 e. The molecule has 2 fully saturated rings. The maximum Gasteiger partial charge on any atom is 0.287 e. The van der Waals surface area contributed by atoms with Crippen LogP contribution in [0, 0.1) is 17.2 Å². The highest BCUT2D eigenvalue weighted by Crippen LogP contribution is 2.38. The van der Waals surface area contributed by atoms with Crippen LogP contribution in [-0.4, -0.2) is 31.5 Å². The van der Waals surface area contributed by atoms with Gasteiger partial charge in [-0.3, -0.25) is 4.79 Å². The molecule has 0 saturated heterocycles. The lowest BCUT2D eigenvalue weighted by atomic mass is 9.84. The largest absolute Gasteiger partial charge is 0.347 e. The van der Waals surface area contributed by atoms with Crippen molar-refractivity contribution >= 4 is 28.0 Å². The SMILES string of the molecule is N#CCC1CCC(n2c(C(=O)NC3CC3)nc3cnc4[nH]ccc4c32)CC1. The lowest BCUT2D eigenvalue weighted by molar-refractivity contribution is 0.0932. The molecule has 2 saturated carbocycles. The zero-order valence-corrected chi connectivity index (χ0v) is 15.1. The van der Waals surface area contributed by atoms with Crippen LogP contribution in [0.4, 0.5) is 0 Å². The molecular weight excluding hydrogens is 340 g/mol. The van der Waals surface area contributed by atoms with Gasteiger partial charge in [0.2, 0.25) is 0 Å². The third-order valence-corrected chi connectivity index (χ3v) is 5.91. The van der Waals surface area contributed by atoms with E-state index in [0.717, 1.165) is 60.6 Å². The number of nitrogens with one attached hydrogen (secondary N) is 2. The molecule has 3 aromatic rings. The van der Waals surface area contributed by atoms with Crippen molar-refractivity contribution in [3.8, 4) is 6.07 Å². The molecular formula is C20H22N6O. The third-order valence-electron chi connectivity index (χ3n) is 5.91. The molecule has 27 heavy (non-hydrogen) atoms. The van der Waals surface area contributed by atoms with E-state index in [2.05, 4.69) is 30.9 Å². The van der Waals surface area contributed by atoms with Gasteiger partial charge >= 0.3 is 0 Å². The number of aromatic amines is 1. The second-order valence-electron chi connectivity index (χ2n) is 7.82. The van der Waals surface area contributed by atoms with Gasteiger partial charge in [-0.2, -0.15) is 5.26 Å². The first-order chi connectivity index (χ1) is 13.2. The Morgan fingerprint density at radius 1 is 1.30 bits per heavy atom. The van der Waals surface area contributed by atoms with Gasteiger partial charge in [0.25, 0.3) is 5.91 Å². The van der Waals surface area contributed by atoms with E-state index in [9.17, 15) is 4.79 Å². The van der Waals surface area contributed by atoms with Gasteiger partial charge in [0.05, 0.1) is 17.8 Å². The van der Waals surface area contributed by atoms with Crippen molar-refractivity contribution in [3.05, 3.63) is 24.3 Å². The number of imidazole rings is 1. The fraction of sp³-hybridized carbons (Fsp3) is 0.500. The molecule has 5 rings (SSSR count). The number of nitriles is 1. The van der Waals surface area contributed by atoms with Gasteiger partial charge in [-0.05, 0) is 50.5 Å². The van der Waals surface area contributed by atoms with Gasteiger partial charge in [0, 0.05) is 30.1 Å². The molecule has 7 heteroatoms. The number of hydrogen-bond acceptors (Lipinski definition) is 4. The summed E-state index contributed by atoms with van der Waals surface area (Å²) < 4.78 is 2.15. The molecule has 2 aliphatic rings. The maximum atomic E-state index is 12.9. The molecule has 0 aromatic carbocycles. The predicted octanol–water partition coefficient (Wildman–Crippen LogP) is 3.45. The highest BCUT2D eigenvalue weighted by Gasteiger charge is 2.31. The van der Waals surface area contributed by atoms with Crippen molar-refractivity contribution in [2.45, 2.75) is 57.0 Å². The van der Waals surface area contributed by atoms with E-state index in [0.29, 0.717) is 24.2 Å². The number of hydrogen-bond donors (Lipinski definition) is 2. The van der Waals surface area contributed by atoms with Gasteiger partial charge in [-0.15, -0.1) is 0 Å². The molecule has 2 N–H and O–H groups in total. The number of H-pyrrole nitrogens is 1. The molecule has 0 atom stereocenters. The minimum atomic E-state index is -0.0865. The van der Waals surface area contributed by atoms with E-state index in [1.165, 1.54) is 0 Å². The van der Waals surface area contributed by atoms with Gasteiger partial charge in [-0.25, -0.2) is 9.97 Å². The number of carbonyl (C=O) groups is 1. The van der Waals surface area contributed by atoms with Crippen LogP contribution in [0.1, 0.15) is 61.6 Å². The summed E-state index contributed by atoms with van der Waals surface area (Å²) >= 11 is 0. The summed E-state index contributed by atoms with van der Waals surface area (Å²) in [6.07, 6.45) is 10.3. The molecule has 1 amide bonds. The lowest BCUT2D eigenvalue weighted by Gasteiger charge is -2.29. The molecule has 2 aliphatic carbocycles. The van der Waals surface area contributed by atoms with Crippen LogP contribution >= 0.6 is 0 Å². The topological polar surface area (TPSA) is 99.4 Å². The zero-order chi connectivity index (χ0) is 18.4. The number of nitrogens with zero attached hydrogens (tertiary/aromatic N) is 4. The smallest absolute Gasteiger partial charge is 0.287 e. The quantitative estimate of drug-likeness (QED) is 0.742. The first-order valence-electron chi connectivity index (χ1n) is 9.76. The summed E-state index contributed by atoms with van der Waals surface area (Å²) in [5.74, 6) is 0.881. The van der Waals surface area contributed by atoms with E-state index in [4.69, 9.17) is 5.26 Å². The van der Waals surface area contributed by atoms with Crippen molar-refractivity contribution in [3.63, 3.8) is 0 Å². The monoisotopic (exact) mass is 362 g/mol. The molecule has 3 heterocycles. The second-order valence-corrected chi connectivity index (χ2v) is 7.82. The fourth-order valence-corrected chi connectivity index (χ4v) is 4.32. The predicted molar refractivity (Wildman–Crippen MR) is 101 cm³/mol. The van der Waals surface area contributed by atoms with E-state index >= 15 is 0 Å². The molecule has 3 aromatic heterocycles. The van der Waals surface area contributed by atoms with Crippen LogP contribution in [0.15, 0.2) is 18.5 Å². The van der Waals surface area contributed by atoms with Crippen LogP contribution in [0.5, 0.6) is 0 Å². The van der Waals surface area contributed by atoms with Crippen LogP contribution < -0.4 is 5.32 Å². The van der Waals surface area contributed by atoms with Crippen molar-refractivity contribution < 1.29 is 4.79 Å². The van der Waals surface area contributed by atoms with Crippen LogP contribution in [0.2, 0.25) is 0 Å². The van der Waals surface area contributed by atoms with Crippen molar-refractivity contribution in [1.29, 1.82) is 5.26 Å². The highest BCUT2D eigenvalue weighted by molar-refractivity contribution is 6.04. The van der Waals surface area contributed by atoms with Gasteiger partial charge in [0.15, 0.2) is 5.82 Å². The second kappa shape index (κ2) is 6.38.